The van der Waals surface area contributed by atoms with E-state index in [1.165, 1.54) is 25.7 Å². The maximum absolute atomic E-state index is 4.94. The van der Waals surface area contributed by atoms with Crippen LogP contribution in [0.4, 0.5) is 0 Å². The number of rotatable bonds is 2. The minimum absolute atomic E-state index is 0.0770. The molecule has 0 radical (unpaired) electrons. The van der Waals surface area contributed by atoms with Gasteiger partial charge in [0.05, 0.1) is 0 Å². The molecule has 19 heavy (non-hydrogen) atoms. The van der Waals surface area contributed by atoms with Gasteiger partial charge in [0.1, 0.15) is 0 Å². The monoisotopic (exact) mass is 342 g/mol. The van der Waals surface area contributed by atoms with E-state index >= 15 is 0 Å². The van der Waals surface area contributed by atoms with Gasteiger partial charge >= 0.3 is 35.6 Å². The minimum atomic E-state index is -0.556. The molecule has 1 aliphatic carbocycles. The van der Waals surface area contributed by atoms with E-state index < -0.39 is 17.0 Å². The summed E-state index contributed by atoms with van der Waals surface area (Å²) >= 11 is -0.556. The van der Waals surface area contributed by atoms with E-state index in [-0.39, 0.29) is 11.1 Å². The second-order valence-electron chi connectivity index (χ2n) is 7.09. The molecule has 0 amide bonds. The van der Waals surface area contributed by atoms with Gasteiger partial charge in [-0.1, -0.05) is 67.2 Å². The number of hydrogen-bond donors (Lipinski definition) is 0. The zero-order valence-electron chi connectivity index (χ0n) is 13.1. The van der Waals surface area contributed by atoms with Crippen LogP contribution < -0.4 is 0 Å². The summed E-state index contributed by atoms with van der Waals surface area (Å²) in [5.74, 6) is 0. The van der Waals surface area contributed by atoms with Crippen LogP contribution in [-0.2, 0) is 17.0 Å². The molecule has 2 atom stereocenters. The van der Waals surface area contributed by atoms with Gasteiger partial charge in [-0.2, -0.15) is 12.1 Å². The number of halogens is 2. The van der Waals surface area contributed by atoms with Crippen LogP contribution in [0, 0.1) is 0 Å². The summed E-state index contributed by atoms with van der Waals surface area (Å²) in [7, 11) is 9.78. The second-order valence-corrected chi connectivity index (χ2v) is 9.67. The maximum atomic E-state index is 4.94. The Labute approximate surface area is 136 Å². The van der Waals surface area contributed by atoms with Crippen LogP contribution in [0.3, 0.4) is 0 Å². The molecule has 0 spiro atoms. The zero-order chi connectivity index (χ0) is 15.1. The molecular weight excluding hydrogens is 315 g/mol. The van der Waals surface area contributed by atoms with Crippen LogP contribution in [0.5, 0.6) is 0 Å². The molecule has 2 unspecified atom stereocenters. The fourth-order valence-corrected chi connectivity index (χ4v) is 2.39. The van der Waals surface area contributed by atoms with Crippen molar-refractivity contribution in [3.8, 4) is 0 Å². The average molecular weight is 343 g/mol. The molecule has 0 saturated heterocycles. The van der Waals surface area contributed by atoms with Gasteiger partial charge in [0.2, 0.25) is 0 Å². The van der Waals surface area contributed by atoms with Crippen molar-refractivity contribution in [2.45, 2.75) is 90.4 Å². The Kier molecular flexibility index (Phi) is 9.87. The van der Waals surface area contributed by atoms with Crippen molar-refractivity contribution in [1.29, 1.82) is 0 Å². The van der Waals surface area contributed by atoms with Gasteiger partial charge in [0, 0.05) is 0 Å². The Bertz CT molecular complexity index is 213. The van der Waals surface area contributed by atoms with Crippen LogP contribution in [0.15, 0.2) is 0 Å². The predicted octanol–water partition coefficient (Wildman–Crippen LogP) is 6.02. The number of nitrogens with zero attached hydrogens (tertiary/aromatic N) is 2. The first-order chi connectivity index (χ1) is 8.59. The fourth-order valence-electron chi connectivity index (χ4n) is 2.39. The summed E-state index contributed by atoms with van der Waals surface area (Å²) in [5, 5.41) is 9.88. The third-order valence-corrected chi connectivity index (χ3v) is 2.80. The molecule has 114 valence electrons. The van der Waals surface area contributed by atoms with Gasteiger partial charge in [-0.05, 0) is 0 Å². The van der Waals surface area contributed by atoms with E-state index in [2.05, 4.69) is 41.5 Å². The topological polar surface area (TPSA) is 28.2 Å². The van der Waals surface area contributed by atoms with Gasteiger partial charge in [-0.3, -0.25) is 0 Å². The normalized spacial score (nSPS) is 24.4. The van der Waals surface area contributed by atoms with Crippen LogP contribution in [0.2, 0.25) is 0 Å². The third kappa shape index (κ3) is 11.5. The SMILES string of the molecule is CC(C)(C)[N-]C1CCCCC1[N-]C(C)(C)C.[Cl][Ti][Cl]. The van der Waals surface area contributed by atoms with Crippen LogP contribution in [0.1, 0.15) is 67.2 Å². The molecular formula is C14H28Cl2N2Ti-2. The van der Waals surface area contributed by atoms with Crippen molar-refractivity contribution in [3.05, 3.63) is 10.6 Å². The van der Waals surface area contributed by atoms with E-state index in [1.807, 2.05) is 0 Å². The molecule has 5 heteroatoms. The van der Waals surface area contributed by atoms with Crippen molar-refractivity contribution in [3.63, 3.8) is 0 Å². The molecule has 0 aliphatic heterocycles. The molecule has 1 rings (SSSR count). The molecule has 2 nitrogen and oxygen atoms in total. The standard InChI is InChI=1S/C14H28N2.2ClH.Ti/c1-13(2,3)15-11-9-7-8-10-12(11)16-14(4,5)6;;;/h11-12H,7-10H2,1-6H3;2*1H;/q-2;;;+2/p-2. The first-order valence-corrected chi connectivity index (χ1v) is 11.3. The van der Waals surface area contributed by atoms with Crippen molar-refractivity contribution in [2.75, 3.05) is 0 Å². The Morgan fingerprint density at radius 2 is 1.05 bits per heavy atom. The third-order valence-electron chi connectivity index (χ3n) is 2.80. The Morgan fingerprint density at radius 1 is 0.789 bits per heavy atom. The van der Waals surface area contributed by atoms with E-state index in [0.717, 1.165) is 0 Å². The van der Waals surface area contributed by atoms with E-state index in [9.17, 15) is 0 Å². The molecule has 0 aromatic heterocycles. The summed E-state index contributed by atoms with van der Waals surface area (Å²) in [6.45, 7) is 13.1. The van der Waals surface area contributed by atoms with Gasteiger partial charge < -0.3 is 10.6 Å². The summed E-state index contributed by atoms with van der Waals surface area (Å²) in [6.07, 6.45) is 5.09. The fraction of sp³-hybridized carbons (Fsp3) is 1.00. The van der Waals surface area contributed by atoms with Gasteiger partial charge in [0.25, 0.3) is 0 Å². The molecule has 1 fully saturated rings. The van der Waals surface area contributed by atoms with E-state index in [0.29, 0.717) is 12.1 Å². The first kappa shape index (κ1) is 20.2. The summed E-state index contributed by atoms with van der Waals surface area (Å²) in [4.78, 5) is 0. The molecule has 0 N–H and O–H groups in total. The second kappa shape index (κ2) is 9.28. The van der Waals surface area contributed by atoms with Crippen molar-refractivity contribution >= 4 is 18.6 Å². The van der Waals surface area contributed by atoms with Crippen molar-refractivity contribution < 1.29 is 17.0 Å². The average Bonchev–Trinajstić information content (AvgIpc) is 2.18. The summed E-state index contributed by atoms with van der Waals surface area (Å²) < 4.78 is 0. The molecule has 0 heterocycles. The Hall–Kier alpha value is 1.21. The predicted molar refractivity (Wildman–Crippen MR) is 84.0 cm³/mol. The molecule has 1 aliphatic rings. The van der Waals surface area contributed by atoms with Crippen molar-refractivity contribution in [2.24, 2.45) is 0 Å². The summed E-state index contributed by atoms with van der Waals surface area (Å²) in [6, 6.07) is 0.904. The van der Waals surface area contributed by atoms with Crippen LogP contribution >= 0.6 is 18.6 Å². The van der Waals surface area contributed by atoms with E-state index in [1.54, 1.807) is 0 Å². The van der Waals surface area contributed by atoms with Crippen LogP contribution in [-0.4, -0.2) is 23.2 Å². The van der Waals surface area contributed by atoms with E-state index in [4.69, 9.17) is 29.2 Å². The number of hydrogen-bond acceptors (Lipinski definition) is 0. The summed E-state index contributed by atoms with van der Waals surface area (Å²) in [5.41, 5.74) is 0.154. The molecule has 0 aromatic carbocycles. The quantitative estimate of drug-likeness (QED) is 0.549. The molecule has 1 saturated carbocycles. The van der Waals surface area contributed by atoms with Gasteiger partial charge in [0.15, 0.2) is 0 Å². The van der Waals surface area contributed by atoms with Gasteiger partial charge in [-0.15, -0.1) is 11.1 Å². The molecule has 0 bridgehead atoms. The zero-order valence-corrected chi connectivity index (χ0v) is 16.2. The van der Waals surface area contributed by atoms with Crippen molar-refractivity contribution in [1.82, 2.24) is 0 Å². The van der Waals surface area contributed by atoms with Gasteiger partial charge in [-0.25, -0.2) is 0 Å². The first-order valence-electron chi connectivity index (χ1n) is 6.99. The Balaban J connectivity index is 0.000000982. The molecule has 0 aromatic rings. The Morgan fingerprint density at radius 3 is 1.26 bits per heavy atom. The van der Waals surface area contributed by atoms with Crippen LogP contribution in [0.25, 0.3) is 10.6 Å².